The lowest BCUT2D eigenvalue weighted by atomic mass is 9.95. The van der Waals surface area contributed by atoms with Gasteiger partial charge in [0.2, 0.25) is 0 Å². The summed E-state index contributed by atoms with van der Waals surface area (Å²) in [5.41, 5.74) is 2.22. The van der Waals surface area contributed by atoms with Crippen LogP contribution in [0.15, 0.2) is 65.5 Å². The number of rotatable bonds is 5. The van der Waals surface area contributed by atoms with E-state index < -0.39 is 11.5 Å². The molecule has 2 heterocycles. The van der Waals surface area contributed by atoms with Crippen LogP contribution in [0.1, 0.15) is 10.4 Å². The molecule has 2 aromatic carbocycles. The van der Waals surface area contributed by atoms with Crippen molar-refractivity contribution in [2.45, 2.75) is 6.10 Å². The van der Waals surface area contributed by atoms with Gasteiger partial charge >= 0.3 is 0 Å². The van der Waals surface area contributed by atoms with Crippen molar-refractivity contribution >= 4 is 17.7 Å². The highest BCUT2D eigenvalue weighted by Gasteiger charge is 2.24. The van der Waals surface area contributed by atoms with Crippen LogP contribution in [0.25, 0.3) is 22.4 Å². The number of thioether (sulfide) groups is 1. The summed E-state index contributed by atoms with van der Waals surface area (Å²) in [4.78, 5) is 25.7. The molecular weight excluding hydrogens is 386 g/mol. The average Bonchev–Trinajstić information content (AvgIpc) is 2.79. The van der Waals surface area contributed by atoms with E-state index in [1.54, 1.807) is 11.8 Å². The molecule has 148 valence electrons. The van der Waals surface area contributed by atoms with Crippen molar-refractivity contribution in [2.75, 3.05) is 24.7 Å². The van der Waals surface area contributed by atoms with Crippen molar-refractivity contribution in [2.24, 2.45) is 0 Å². The highest BCUT2D eigenvalue weighted by Crippen LogP contribution is 2.31. The van der Waals surface area contributed by atoms with Crippen LogP contribution >= 0.6 is 11.8 Å². The maximum atomic E-state index is 13.1. The molecule has 1 fully saturated rings. The first-order valence-corrected chi connectivity index (χ1v) is 10.6. The average molecular weight is 407 g/mol. The first-order valence-electron chi connectivity index (χ1n) is 9.45. The van der Waals surface area contributed by atoms with E-state index in [-0.39, 0.29) is 11.7 Å². The van der Waals surface area contributed by atoms with Crippen LogP contribution in [0, 0.1) is 0 Å². The zero-order chi connectivity index (χ0) is 20.1. The minimum absolute atomic E-state index is 0.0487. The summed E-state index contributed by atoms with van der Waals surface area (Å²) in [6.07, 6.45) is -0.0487. The SMILES string of the molecule is O=C(NCC1CSCCO1)c1c(-c2ccccc2)c(-c2ccccc2)n[nH]c1=O. The minimum Gasteiger partial charge on any atom is -0.375 e. The molecule has 1 aliphatic rings. The van der Waals surface area contributed by atoms with E-state index in [2.05, 4.69) is 15.5 Å². The predicted octanol–water partition coefficient (Wildman–Crippen LogP) is 2.97. The second kappa shape index (κ2) is 9.07. The Balaban J connectivity index is 1.76. The fourth-order valence-electron chi connectivity index (χ4n) is 3.31. The third kappa shape index (κ3) is 4.41. The van der Waals surface area contributed by atoms with Crippen LogP contribution in [-0.2, 0) is 4.74 Å². The highest BCUT2D eigenvalue weighted by molar-refractivity contribution is 7.99. The number of carbonyl (C=O) groups excluding carboxylic acids is 1. The summed E-state index contributed by atoms with van der Waals surface area (Å²) in [6.45, 7) is 1.04. The Bertz CT molecular complexity index is 1030. The smallest absolute Gasteiger partial charge is 0.277 e. The predicted molar refractivity (Wildman–Crippen MR) is 115 cm³/mol. The molecule has 3 aromatic rings. The maximum Gasteiger partial charge on any atom is 0.277 e. The Morgan fingerprint density at radius 3 is 2.45 bits per heavy atom. The molecule has 0 radical (unpaired) electrons. The molecule has 1 saturated heterocycles. The maximum absolute atomic E-state index is 13.1. The zero-order valence-corrected chi connectivity index (χ0v) is 16.6. The van der Waals surface area contributed by atoms with E-state index in [1.165, 1.54) is 0 Å². The van der Waals surface area contributed by atoms with E-state index in [1.807, 2.05) is 60.7 Å². The van der Waals surface area contributed by atoms with Crippen molar-refractivity contribution in [3.8, 4) is 22.4 Å². The number of hydrogen-bond acceptors (Lipinski definition) is 5. The molecule has 2 N–H and O–H groups in total. The zero-order valence-electron chi connectivity index (χ0n) is 15.8. The van der Waals surface area contributed by atoms with Gasteiger partial charge in [0, 0.05) is 29.2 Å². The summed E-state index contributed by atoms with van der Waals surface area (Å²) in [5, 5.41) is 9.64. The largest absolute Gasteiger partial charge is 0.375 e. The summed E-state index contributed by atoms with van der Waals surface area (Å²) in [5.74, 6) is 1.37. The van der Waals surface area contributed by atoms with Crippen LogP contribution in [-0.4, -0.2) is 46.9 Å². The van der Waals surface area contributed by atoms with Crippen molar-refractivity contribution in [1.29, 1.82) is 0 Å². The van der Waals surface area contributed by atoms with Crippen molar-refractivity contribution in [1.82, 2.24) is 15.5 Å². The molecule has 0 spiro atoms. The van der Waals surface area contributed by atoms with E-state index in [4.69, 9.17) is 4.74 Å². The number of ether oxygens (including phenoxy) is 1. The summed E-state index contributed by atoms with van der Waals surface area (Å²) >= 11 is 1.80. The number of carbonyl (C=O) groups is 1. The number of aromatic amines is 1. The number of nitrogens with one attached hydrogen (secondary N) is 2. The Kier molecular flexibility index (Phi) is 6.07. The number of hydrogen-bond donors (Lipinski definition) is 2. The molecule has 0 saturated carbocycles. The van der Waals surface area contributed by atoms with Gasteiger partial charge in [-0.25, -0.2) is 5.10 Å². The third-order valence-corrected chi connectivity index (χ3v) is 5.76. The third-order valence-electron chi connectivity index (χ3n) is 4.70. The number of aromatic nitrogens is 2. The lowest BCUT2D eigenvalue weighted by molar-refractivity contribution is 0.0690. The monoisotopic (exact) mass is 407 g/mol. The number of nitrogens with zero attached hydrogens (tertiary/aromatic N) is 1. The minimum atomic E-state index is -0.514. The molecule has 1 amide bonds. The molecule has 6 nitrogen and oxygen atoms in total. The van der Waals surface area contributed by atoms with E-state index >= 15 is 0 Å². The number of H-pyrrole nitrogens is 1. The number of benzene rings is 2. The molecule has 4 rings (SSSR count). The lowest BCUT2D eigenvalue weighted by Crippen LogP contribution is -2.39. The Labute approximate surface area is 172 Å². The normalized spacial score (nSPS) is 16.3. The van der Waals surface area contributed by atoms with Crippen LogP contribution in [0.2, 0.25) is 0 Å². The molecule has 0 bridgehead atoms. The number of amides is 1. The molecule has 1 aromatic heterocycles. The van der Waals surface area contributed by atoms with Gasteiger partial charge in [0.15, 0.2) is 0 Å². The van der Waals surface area contributed by atoms with Crippen LogP contribution in [0.4, 0.5) is 0 Å². The molecule has 1 unspecified atom stereocenters. The summed E-state index contributed by atoms with van der Waals surface area (Å²) < 4.78 is 5.67. The van der Waals surface area contributed by atoms with E-state index in [0.29, 0.717) is 24.4 Å². The van der Waals surface area contributed by atoms with Gasteiger partial charge in [0.25, 0.3) is 11.5 Å². The Morgan fingerprint density at radius 1 is 1.10 bits per heavy atom. The molecular formula is C22H21N3O3S. The van der Waals surface area contributed by atoms with Crippen molar-refractivity contribution < 1.29 is 9.53 Å². The van der Waals surface area contributed by atoms with Gasteiger partial charge in [-0.2, -0.15) is 16.9 Å². The first kappa shape index (κ1) is 19.4. The van der Waals surface area contributed by atoms with Crippen LogP contribution < -0.4 is 10.9 Å². The molecule has 7 heteroatoms. The molecule has 29 heavy (non-hydrogen) atoms. The van der Waals surface area contributed by atoms with Gasteiger partial charge in [-0.1, -0.05) is 60.7 Å². The van der Waals surface area contributed by atoms with Gasteiger partial charge in [-0.15, -0.1) is 0 Å². The second-order valence-electron chi connectivity index (χ2n) is 6.66. The molecule has 1 atom stereocenters. The molecule has 1 aliphatic heterocycles. The summed E-state index contributed by atoms with van der Waals surface area (Å²) in [7, 11) is 0. The standard InChI is InChI=1S/C22H21N3O3S/c26-21(23-13-17-14-29-12-11-28-17)19-18(15-7-3-1-4-8-15)20(24-25-22(19)27)16-9-5-2-6-10-16/h1-10,17H,11-14H2,(H,23,26)(H,25,27). The lowest BCUT2D eigenvalue weighted by Gasteiger charge is -2.22. The van der Waals surface area contributed by atoms with Crippen molar-refractivity contribution in [3.63, 3.8) is 0 Å². The topological polar surface area (TPSA) is 84.1 Å². The summed E-state index contributed by atoms with van der Waals surface area (Å²) in [6, 6.07) is 18.9. The van der Waals surface area contributed by atoms with Gasteiger partial charge < -0.3 is 10.1 Å². The molecule has 0 aliphatic carbocycles. The van der Waals surface area contributed by atoms with Gasteiger partial charge in [-0.05, 0) is 5.56 Å². The highest BCUT2D eigenvalue weighted by atomic mass is 32.2. The first-order chi connectivity index (χ1) is 14.2. The van der Waals surface area contributed by atoms with Crippen molar-refractivity contribution in [3.05, 3.63) is 76.6 Å². The van der Waals surface area contributed by atoms with Crippen LogP contribution in [0.5, 0.6) is 0 Å². The van der Waals surface area contributed by atoms with Gasteiger partial charge in [0.05, 0.1) is 18.4 Å². The van der Waals surface area contributed by atoms with Gasteiger partial charge in [-0.3, -0.25) is 9.59 Å². The fraction of sp³-hybridized carbons (Fsp3) is 0.227. The second-order valence-corrected chi connectivity index (χ2v) is 7.81. The Hall–Kier alpha value is -2.90. The van der Waals surface area contributed by atoms with Gasteiger partial charge in [0.1, 0.15) is 5.56 Å². The Morgan fingerprint density at radius 2 is 1.79 bits per heavy atom. The van der Waals surface area contributed by atoms with E-state index in [0.717, 1.165) is 22.6 Å². The fourth-order valence-corrected chi connectivity index (χ4v) is 4.16. The quantitative estimate of drug-likeness (QED) is 0.679. The van der Waals surface area contributed by atoms with Crippen LogP contribution in [0.3, 0.4) is 0 Å². The van der Waals surface area contributed by atoms with E-state index in [9.17, 15) is 9.59 Å².